The first-order valence-electron chi connectivity index (χ1n) is 6.53. The highest BCUT2D eigenvalue weighted by Crippen LogP contribution is 2.08. The molecular formula is C13H24N4O3. The minimum atomic E-state index is -0.779. The summed E-state index contributed by atoms with van der Waals surface area (Å²) in [5.74, 6) is 0.350. The third-order valence-electron chi connectivity index (χ3n) is 2.37. The molecule has 1 unspecified atom stereocenters. The van der Waals surface area contributed by atoms with Gasteiger partial charge in [-0.1, -0.05) is 0 Å². The van der Waals surface area contributed by atoms with Crippen LogP contribution in [0.2, 0.25) is 0 Å². The van der Waals surface area contributed by atoms with Crippen LogP contribution in [-0.2, 0) is 4.74 Å². The van der Waals surface area contributed by atoms with E-state index >= 15 is 0 Å². The van der Waals surface area contributed by atoms with Crippen LogP contribution in [-0.4, -0.2) is 66.0 Å². The number of aliphatic hydroxyl groups is 1. The van der Waals surface area contributed by atoms with E-state index in [1.165, 1.54) is 5.01 Å². The van der Waals surface area contributed by atoms with Gasteiger partial charge in [0.25, 0.3) is 0 Å². The minimum Gasteiger partial charge on any atom is -0.444 e. The topological polar surface area (TPSA) is 77.4 Å². The van der Waals surface area contributed by atoms with Crippen LogP contribution in [0.5, 0.6) is 0 Å². The Balaban J connectivity index is 2.58. The third kappa shape index (κ3) is 6.03. The Hall–Kier alpha value is -1.60. The van der Waals surface area contributed by atoms with Crippen molar-refractivity contribution in [2.45, 2.75) is 32.6 Å². The normalized spacial score (nSPS) is 19.1. The van der Waals surface area contributed by atoms with Gasteiger partial charge in [-0.2, -0.15) is 5.10 Å². The lowest BCUT2D eigenvalue weighted by Crippen LogP contribution is -2.42. The molecule has 0 fully saturated rings. The number of amidine groups is 1. The summed E-state index contributed by atoms with van der Waals surface area (Å²) in [6.07, 6.45) is 1.78. The van der Waals surface area contributed by atoms with Gasteiger partial charge in [-0.05, 0) is 47.0 Å². The first-order chi connectivity index (χ1) is 9.17. The molecule has 1 aliphatic heterocycles. The van der Waals surface area contributed by atoms with Gasteiger partial charge in [-0.15, -0.1) is 0 Å². The lowest BCUT2D eigenvalue weighted by molar-refractivity contribution is 0.0361. The van der Waals surface area contributed by atoms with Crippen molar-refractivity contribution in [1.82, 2.24) is 15.2 Å². The Morgan fingerprint density at radius 3 is 2.75 bits per heavy atom. The van der Waals surface area contributed by atoms with Gasteiger partial charge >= 0.3 is 6.09 Å². The summed E-state index contributed by atoms with van der Waals surface area (Å²) in [6, 6.07) is 0. The maximum Gasteiger partial charge on any atom is 0.413 e. The van der Waals surface area contributed by atoms with E-state index in [1.54, 1.807) is 32.9 Å². The molecule has 2 N–H and O–H groups in total. The van der Waals surface area contributed by atoms with Crippen LogP contribution in [0.3, 0.4) is 0 Å². The van der Waals surface area contributed by atoms with Crippen LogP contribution >= 0.6 is 0 Å². The van der Waals surface area contributed by atoms with E-state index in [2.05, 4.69) is 10.4 Å². The van der Waals surface area contributed by atoms with E-state index in [-0.39, 0.29) is 0 Å². The second-order valence-electron chi connectivity index (χ2n) is 5.85. The molecule has 1 heterocycles. The fourth-order valence-corrected chi connectivity index (χ4v) is 1.47. The molecule has 0 bridgehead atoms. The van der Waals surface area contributed by atoms with E-state index < -0.39 is 17.9 Å². The first kappa shape index (κ1) is 16.5. The van der Waals surface area contributed by atoms with E-state index in [0.717, 1.165) is 6.54 Å². The van der Waals surface area contributed by atoms with Crippen molar-refractivity contribution in [1.29, 1.82) is 0 Å². The molecule has 7 heteroatoms. The predicted octanol–water partition coefficient (Wildman–Crippen LogP) is 0.576. The smallest absolute Gasteiger partial charge is 0.413 e. The number of amides is 1. The number of ether oxygens (including phenoxy) is 1. The summed E-state index contributed by atoms with van der Waals surface area (Å²) < 4.78 is 5.15. The molecule has 0 aromatic heterocycles. The molecule has 0 spiro atoms. The number of nitrogens with zero attached hydrogens (tertiary/aromatic N) is 3. The molecule has 1 rings (SSSR count). The van der Waals surface area contributed by atoms with Crippen LogP contribution in [0.25, 0.3) is 0 Å². The highest BCUT2D eigenvalue weighted by Gasteiger charge is 2.20. The van der Waals surface area contributed by atoms with Crippen molar-refractivity contribution >= 4 is 11.9 Å². The van der Waals surface area contributed by atoms with Crippen LogP contribution in [0.1, 0.15) is 20.8 Å². The number of hydrogen-bond donors (Lipinski definition) is 2. The fraction of sp³-hybridized carbons (Fsp3) is 0.692. The van der Waals surface area contributed by atoms with Gasteiger partial charge < -0.3 is 14.7 Å². The summed E-state index contributed by atoms with van der Waals surface area (Å²) >= 11 is 0. The fourth-order valence-electron chi connectivity index (χ4n) is 1.47. The number of rotatable bonds is 3. The Morgan fingerprint density at radius 2 is 2.20 bits per heavy atom. The molecule has 0 aliphatic carbocycles. The summed E-state index contributed by atoms with van der Waals surface area (Å²) in [7, 11) is 3.88. The van der Waals surface area contributed by atoms with Crippen molar-refractivity contribution in [2.24, 2.45) is 5.10 Å². The second-order valence-corrected chi connectivity index (χ2v) is 5.85. The van der Waals surface area contributed by atoms with Gasteiger partial charge in [-0.3, -0.25) is 10.3 Å². The quantitative estimate of drug-likeness (QED) is 0.792. The summed E-state index contributed by atoms with van der Waals surface area (Å²) in [6.45, 7) is 6.67. The highest BCUT2D eigenvalue weighted by molar-refractivity contribution is 6.02. The standard InChI is InChI=1S/C13H24N4O3/c1-13(2,3)20-12(19)14-10-6-7-11(18)17(15-10)9-8-16(4)5/h6-7,11,18H,8-9H2,1-5H3,(H,14,15,19). The van der Waals surface area contributed by atoms with Gasteiger partial charge in [0.2, 0.25) is 0 Å². The molecule has 0 saturated heterocycles. The van der Waals surface area contributed by atoms with Crippen molar-refractivity contribution < 1.29 is 14.6 Å². The molecule has 20 heavy (non-hydrogen) atoms. The van der Waals surface area contributed by atoms with E-state index in [0.29, 0.717) is 12.4 Å². The van der Waals surface area contributed by atoms with Crippen molar-refractivity contribution in [2.75, 3.05) is 27.2 Å². The molecule has 1 aliphatic rings. The number of likely N-dealkylation sites (N-methyl/N-ethyl adjacent to an activating group) is 1. The third-order valence-corrected chi connectivity index (χ3v) is 2.37. The molecule has 0 aromatic carbocycles. The number of hydrogen-bond acceptors (Lipinski definition) is 6. The average Bonchev–Trinajstić information content (AvgIpc) is 2.27. The minimum absolute atomic E-state index is 0.350. The Morgan fingerprint density at radius 1 is 1.55 bits per heavy atom. The van der Waals surface area contributed by atoms with Crippen LogP contribution in [0.15, 0.2) is 17.3 Å². The molecule has 0 aromatic rings. The zero-order chi connectivity index (χ0) is 15.3. The predicted molar refractivity (Wildman–Crippen MR) is 77.2 cm³/mol. The summed E-state index contributed by atoms with van der Waals surface area (Å²) in [5.41, 5.74) is -0.562. The van der Waals surface area contributed by atoms with Crippen LogP contribution in [0.4, 0.5) is 4.79 Å². The number of aliphatic hydroxyl groups excluding tert-OH is 1. The molecule has 1 amide bonds. The maximum atomic E-state index is 11.6. The van der Waals surface area contributed by atoms with E-state index in [1.807, 2.05) is 19.0 Å². The highest BCUT2D eigenvalue weighted by atomic mass is 16.6. The lowest BCUT2D eigenvalue weighted by Gasteiger charge is -2.28. The average molecular weight is 284 g/mol. The zero-order valence-corrected chi connectivity index (χ0v) is 12.8. The SMILES string of the molecule is CN(C)CCN1N=C(NC(=O)OC(C)(C)C)C=CC1O. The van der Waals surface area contributed by atoms with Gasteiger partial charge in [0, 0.05) is 6.54 Å². The second kappa shape index (κ2) is 6.71. The van der Waals surface area contributed by atoms with Gasteiger partial charge in [0.05, 0.1) is 6.54 Å². The molecule has 114 valence electrons. The summed E-state index contributed by atoms with van der Waals surface area (Å²) in [4.78, 5) is 13.6. The van der Waals surface area contributed by atoms with Crippen LogP contribution in [0, 0.1) is 0 Å². The van der Waals surface area contributed by atoms with Gasteiger partial charge in [-0.25, -0.2) is 4.79 Å². The monoisotopic (exact) mass is 284 g/mol. The Bertz CT molecular complexity index is 399. The van der Waals surface area contributed by atoms with E-state index in [9.17, 15) is 9.90 Å². The number of alkyl carbamates (subject to hydrolysis) is 1. The number of nitrogens with one attached hydrogen (secondary N) is 1. The molecule has 1 atom stereocenters. The largest absolute Gasteiger partial charge is 0.444 e. The summed E-state index contributed by atoms with van der Waals surface area (Å²) in [5, 5.41) is 18.0. The Kier molecular flexibility index (Phi) is 5.52. The van der Waals surface area contributed by atoms with Crippen molar-refractivity contribution in [3.63, 3.8) is 0 Å². The van der Waals surface area contributed by atoms with Crippen molar-refractivity contribution in [3.05, 3.63) is 12.2 Å². The zero-order valence-electron chi connectivity index (χ0n) is 12.8. The number of carbonyl (C=O) groups is 1. The van der Waals surface area contributed by atoms with Crippen molar-refractivity contribution in [3.8, 4) is 0 Å². The van der Waals surface area contributed by atoms with Crippen LogP contribution < -0.4 is 5.32 Å². The van der Waals surface area contributed by atoms with E-state index in [4.69, 9.17) is 4.74 Å². The maximum absolute atomic E-state index is 11.6. The van der Waals surface area contributed by atoms with Gasteiger partial charge in [0.15, 0.2) is 12.1 Å². The number of hydrazone groups is 1. The molecule has 0 saturated carbocycles. The van der Waals surface area contributed by atoms with Gasteiger partial charge in [0.1, 0.15) is 5.60 Å². The molecule has 0 radical (unpaired) electrons. The number of carbonyl (C=O) groups excluding carboxylic acids is 1. The first-order valence-corrected chi connectivity index (χ1v) is 6.53. The molecular weight excluding hydrogens is 260 g/mol. The molecule has 7 nitrogen and oxygen atoms in total. The Labute approximate surface area is 119 Å². The lowest BCUT2D eigenvalue weighted by atomic mass is 10.2.